The molecule has 0 fully saturated rings. The smallest absolute Gasteiger partial charge is 0.0705 e. The van der Waals surface area contributed by atoms with Crippen LogP contribution in [0.1, 0.15) is 40.5 Å². The van der Waals surface area contributed by atoms with Crippen LogP contribution in [0.25, 0.3) is 22.4 Å². The van der Waals surface area contributed by atoms with Gasteiger partial charge in [0.2, 0.25) is 0 Å². The van der Waals surface area contributed by atoms with Crippen LogP contribution in [0.5, 0.6) is 0 Å². The molecule has 4 rings (SSSR count). The Kier molecular flexibility index (Phi) is 4.35. The maximum Gasteiger partial charge on any atom is 0.0705 e. The van der Waals surface area contributed by atoms with Gasteiger partial charge >= 0.3 is 0 Å². The molecule has 138 valence electrons. The lowest BCUT2D eigenvalue weighted by atomic mass is 9.94. The summed E-state index contributed by atoms with van der Waals surface area (Å²) in [5.74, 6) is -0.668. The molecule has 0 saturated heterocycles. The van der Waals surface area contributed by atoms with Crippen LogP contribution in [0.4, 0.5) is 0 Å². The number of hydrogen-bond donors (Lipinski definition) is 0. The molecule has 0 aliphatic heterocycles. The third kappa shape index (κ3) is 4.04. The molecular weight excluding hydrogens is 338 g/mol. The summed E-state index contributed by atoms with van der Waals surface area (Å²) in [5.41, 5.74) is 5.44. The normalized spacial score (nSPS) is 13.4. The summed E-state index contributed by atoms with van der Waals surface area (Å²) in [4.78, 5) is 4.67. The van der Waals surface area contributed by atoms with Gasteiger partial charge in [0.1, 0.15) is 0 Å². The van der Waals surface area contributed by atoms with Crippen molar-refractivity contribution in [2.45, 2.75) is 26.1 Å². The van der Waals surface area contributed by atoms with Gasteiger partial charge in [-0.1, -0.05) is 98.8 Å². The highest BCUT2D eigenvalue weighted by Gasteiger charge is 2.10. The van der Waals surface area contributed by atoms with Crippen LogP contribution in [0.15, 0.2) is 97.2 Å². The Morgan fingerprint density at radius 1 is 0.821 bits per heavy atom. The van der Waals surface area contributed by atoms with Gasteiger partial charge in [0.05, 0.1) is 5.69 Å². The molecule has 28 heavy (non-hydrogen) atoms. The van der Waals surface area contributed by atoms with E-state index >= 15 is 0 Å². The van der Waals surface area contributed by atoms with Crippen molar-refractivity contribution in [2.24, 2.45) is 0 Å². The van der Waals surface area contributed by atoms with Gasteiger partial charge in [0.25, 0.3) is 0 Å². The van der Waals surface area contributed by atoms with Gasteiger partial charge in [-0.25, -0.2) is 0 Å². The molecule has 3 aromatic carbocycles. The monoisotopic (exact) mass is 366 g/mol. The minimum Gasteiger partial charge on any atom is -0.256 e. The maximum absolute atomic E-state index is 8.99. The molecule has 0 atom stereocenters. The van der Waals surface area contributed by atoms with Crippen molar-refractivity contribution in [3.63, 3.8) is 0 Å². The summed E-state index contributed by atoms with van der Waals surface area (Å²) in [6.45, 7) is 3.73. The standard InChI is InChI=1S/C27H25N/c1-20(2)22-13-15-24(16-14-22)27-18-25(17-21-9-5-3-6-10-21)26(19-28-27)23-11-7-4-8-12-23/h3-16,18-20H,17H2,1-2H3/i17D2,20D. The van der Waals surface area contributed by atoms with Crippen molar-refractivity contribution in [1.82, 2.24) is 4.98 Å². The lowest BCUT2D eigenvalue weighted by molar-refractivity contribution is 0.867. The van der Waals surface area contributed by atoms with E-state index in [0.29, 0.717) is 16.8 Å². The number of benzene rings is 3. The molecule has 0 aliphatic rings. The van der Waals surface area contributed by atoms with Crippen LogP contribution in [-0.2, 0) is 6.37 Å². The van der Waals surface area contributed by atoms with Crippen molar-refractivity contribution in [3.05, 3.63) is 114 Å². The summed E-state index contributed by atoms with van der Waals surface area (Å²) in [7, 11) is 0. The fourth-order valence-electron chi connectivity index (χ4n) is 3.22. The van der Waals surface area contributed by atoms with Crippen LogP contribution < -0.4 is 0 Å². The third-order valence-electron chi connectivity index (χ3n) is 4.80. The van der Waals surface area contributed by atoms with Crippen LogP contribution in [0.2, 0.25) is 0 Å². The molecule has 1 heteroatoms. The summed E-state index contributed by atoms with van der Waals surface area (Å²) in [5, 5.41) is 0. The molecular formula is C27H25N. The second-order valence-corrected chi connectivity index (χ2v) is 7.05. The average Bonchev–Trinajstić information content (AvgIpc) is 2.79. The van der Waals surface area contributed by atoms with E-state index in [1.54, 1.807) is 6.20 Å². The van der Waals surface area contributed by atoms with Gasteiger partial charge in [-0.05, 0) is 40.6 Å². The largest absolute Gasteiger partial charge is 0.256 e. The number of hydrogen-bond acceptors (Lipinski definition) is 1. The maximum atomic E-state index is 8.99. The van der Waals surface area contributed by atoms with Crippen LogP contribution in [0.3, 0.4) is 0 Å². The van der Waals surface area contributed by atoms with E-state index in [9.17, 15) is 0 Å². The fraction of sp³-hybridized carbons (Fsp3) is 0.148. The lowest BCUT2D eigenvalue weighted by Gasteiger charge is -2.13. The highest BCUT2D eigenvalue weighted by Crippen LogP contribution is 2.29. The van der Waals surface area contributed by atoms with Gasteiger partial charge in [-0.3, -0.25) is 4.98 Å². The Hall–Kier alpha value is -3.19. The molecule has 1 nitrogen and oxygen atoms in total. The van der Waals surface area contributed by atoms with Crippen molar-refractivity contribution >= 4 is 0 Å². The zero-order valence-electron chi connectivity index (χ0n) is 19.2. The first-order valence-electron chi connectivity index (χ1n) is 11.0. The van der Waals surface area contributed by atoms with Crippen molar-refractivity contribution in [3.8, 4) is 22.4 Å². The Morgan fingerprint density at radius 3 is 2.11 bits per heavy atom. The first kappa shape index (κ1) is 14.8. The third-order valence-corrected chi connectivity index (χ3v) is 4.80. The molecule has 1 aromatic heterocycles. The zero-order chi connectivity index (χ0) is 22.1. The number of rotatable bonds is 5. The molecule has 0 bridgehead atoms. The van der Waals surface area contributed by atoms with Gasteiger partial charge in [0, 0.05) is 21.4 Å². The Bertz CT molecular complexity index is 1160. The summed E-state index contributed by atoms with van der Waals surface area (Å²) >= 11 is 0. The van der Waals surface area contributed by atoms with Crippen LogP contribution >= 0.6 is 0 Å². The van der Waals surface area contributed by atoms with E-state index in [0.717, 1.165) is 22.3 Å². The summed E-state index contributed by atoms with van der Waals surface area (Å²) < 4.78 is 26.2. The van der Waals surface area contributed by atoms with Crippen molar-refractivity contribution < 1.29 is 4.11 Å². The molecule has 0 aliphatic carbocycles. The van der Waals surface area contributed by atoms with Crippen LogP contribution in [0, 0.1) is 0 Å². The molecule has 0 spiro atoms. The van der Waals surface area contributed by atoms with Gasteiger partial charge in [-0.2, -0.15) is 0 Å². The quantitative estimate of drug-likeness (QED) is 0.366. The van der Waals surface area contributed by atoms with E-state index in [-0.39, 0.29) is 0 Å². The number of nitrogens with zero attached hydrogens (tertiary/aromatic N) is 1. The second-order valence-electron chi connectivity index (χ2n) is 7.05. The molecule has 0 unspecified atom stereocenters. The predicted molar refractivity (Wildman–Crippen MR) is 118 cm³/mol. The topological polar surface area (TPSA) is 12.9 Å². The second kappa shape index (κ2) is 8.22. The SMILES string of the molecule is [2H]C(C)(C)c1ccc(-c2cc(C([2H])([2H])c3ccccc3)c(-c3ccccc3)cn2)cc1. The minimum absolute atomic E-state index is 0.583. The Morgan fingerprint density at radius 2 is 1.46 bits per heavy atom. The molecule has 0 amide bonds. The lowest BCUT2D eigenvalue weighted by Crippen LogP contribution is -1.96. The molecule has 0 radical (unpaired) electrons. The Labute approximate surface area is 171 Å². The predicted octanol–water partition coefficient (Wildman–Crippen LogP) is 7.13. The zero-order valence-corrected chi connectivity index (χ0v) is 16.2. The molecule has 0 saturated carbocycles. The average molecular weight is 367 g/mol. The minimum atomic E-state index is -1.69. The molecule has 4 aromatic rings. The highest BCUT2D eigenvalue weighted by molar-refractivity contribution is 5.71. The van der Waals surface area contributed by atoms with Gasteiger partial charge < -0.3 is 0 Å². The molecule has 1 heterocycles. The fourth-order valence-corrected chi connectivity index (χ4v) is 3.22. The highest BCUT2D eigenvalue weighted by atomic mass is 14.7. The molecule has 0 N–H and O–H groups in total. The van der Waals surface area contributed by atoms with E-state index in [2.05, 4.69) is 4.98 Å². The first-order chi connectivity index (χ1) is 14.8. The first-order valence-corrected chi connectivity index (χ1v) is 9.49. The number of pyridine rings is 1. The van der Waals surface area contributed by atoms with E-state index < -0.39 is 12.3 Å². The van der Waals surface area contributed by atoms with Crippen molar-refractivity contribution in [2.75, 3.05) is 0 Å². The van der Waals surface area contributed by atoms with Gasteiger partial charge in [-0.15, -0.1) is 0 Å². The van der Waals surface area contributed by atoms with Crippen molar-refractivity contribution in [1.29, 1.82) is 0 Å². The van der Waals surface area contributed by atoms with Gasteiger partial charge in [0.15, 0.2) is 0 Å². The summed E-state index contributed by atoms with van der Waals surface area (Å²) in [6.07, 6.45) is 0.0797. The number of aromatic nitrogens is 1. The summed E-state index contributed by atoms with van der Waals surface area (Å²) in [6, 6.07) is 28.7. The van der Waals surface area contributed by atoms with E-state index in [4.69, 9.17) is 4.11 Å². The van der Waals surface area contributed by atoms with E-state index in [1.807, 2.05) is 105 Å². The van der Waals surface area contributed by atoms with Crippen LogP contribution in [-0.4, -0.2) is 4.98 Å². The Balaban J connectivity index is 1.86. The van der Waals surface area contributed by atoms with E-state index in [1.165, 1.54) is 0 Å².